The summed E-state index contributed by atoms with van der Waals surface area (Å²) in [5.74, 6) is 0.226. The summed E-state index contributed by atoms with van der Waals surface area (Å²) >= 11 is 0. The molecule has 0 bridgehead atoms. The smallest absolute Gasteiger partial charge is 0.336 e. The average molecular weight is 337 g/mol. The number of phenolic OH excluding ortho intramolecular Hbond substituents is 1. The molecule has 4 heteroatoms. The first kappa shape index (κ1) is 17.2. The van der Waals surface area contributed by atoms with Crippen molar-refractivity contribution in [1.29, 1.82) is 0 Å². The molecule has 0 aliphatic carbocycles. The van der Waals surface area contributed by atoms with Crippen molar-refractivity contribution in [3.63, 3.8) is 0 Å². The largest absolute Gasteiger partial charge is 0.507 e. The maximum Gasteiger partial charge on any atom is 0.336 e. The molecule has 1 heterocycles. The van der Waals surface area contributed by atoms with Crippen molar-refractivity contribution in [2.75, 3.05) is 7.05 Å². The normalized spacial score (nSPS) is 11.4. The second-order valence-corrected chi connectivity index (χ2v) is 6.50. The Bertz CT molecular complexity index is 945. The molecule has 0 fully saturated rings. The lowest BCUT2D eigenvalue weighted by molar-refractivity contribution is 0.311. The van der Waals surface area contributed by atoms with E-state index in [1.807, 2.05) is 45.2 Å². The molecular formula is C21H23NO3. The molecule has 0 atom stereocenters. The zero-order valence-corrected chi connectivity index (χ0v) is 14.9. The molecule has 0 saturated heterocycles. The SMILES string of the molecule is CCc1cc2c(C)cc(=O)oc2c(CN(C)Cc2ccccc2)c1O. The summed E-state index contributed by atoms with van der Waals surface area (Å²) in [7, 11) is 1.99. The van der Waals surface area contributed by atoms with Crippen LogP contribution in [-0.2, 0) is 19.5 Å². The van der Waals surface area contributed by atoms with Gasteiger partial charge in [0.1, 0.15) is 11.3 Å². The van der Waals surface area contributed by atoms with Gasteiger partial charge >= 0.3 is 5.63 Å². The number of rotatable bonds is 5. The van der Waals surface area contributed by atoms with Crippen molar-refractivity contribution in [2.45, 2.75) is 33.4 Å². The molecule has 2 aromatic carbocycles. The fourth-order valence-corrected chi connectivity index (χ4v) is 3.20. The van der Waals surface area contributed by atoms with Gasteiger partial charge in [-0.05, 0) is 43.1 Å². The maximum atomic E-state index is 11.8. The van der Waals surface area contributed by atoms with Crippen LogP contribution in [0, 0.1) is 6.92 Å². The zero-order chi connectivity index (χ0) is 18.0. The van der Waals surface area contributed by atoms with Gasteiger partial charge in [0, 0.05) is 24.5 Å². The molecule has 1 aromatic heterocycles. The summed E-state index contributed by atoms with van der Waals surface area (Å²) in [5, 5.41) is 11.6. The molecule has 1 N–H and O–H groups in total. The first-order valence-electron chi connectivity index (χ1n) is 8.50. The molecule has 0 radical (unpaired) electrons. The van der Waals surface area contributed by atoms with Crippen LogP contribution in [0.25, 0.3) is 11.0 Å². The number of nitrogens with zero attached hydrogens (tertiary/aromatic N) is 1. The van der Waals surface area contributed by atoms with Gasteiger partial charge in [-0.1, -0.05) is 37.3 Å². The van der Waals surface area contributed by atoms with E-state index in [1.165, 1.54) is 11.6 Å². The van der Waals surface area contributed by atoms with E-state index < -0.39 is 0 Å². The Kier molecular flexibility index (Phi) is 4.91. The molecule has 3 aromatic rings. The lowest BCUT2D eigenvalue weighted by Crippen LogP contribution is -2.18. The van der Waals surface area contributed by atoms with Crippen LogP contribution in [0.3, 0.4) is 0 Å². The first-order chi connectivity index (χ1) is 12.0. The van der Waals surface area contributed by atoms with E-state index in [2.05, 4.69) is 17.0 Å². The van der Waals surface area contributed by atoms with Gasteiger partial charge in [0.25, 0.3) is 0 Å². The maximum absolute atomic E-state index is 11.8. The number of fused-ring (bicyclic) bond motifs is 1. The number of aryl methyl sites for hydroxylation is 2. The predicted molar refractivity (Wildman–Crippen MR) is 99.9 cm³/mol. The highest BCUT2D eigenvalue weighted by molar-refractivity contribution is 5.86. The fourth-order valence-electron chi connectivity index (χ4n) is 3.20. The highest BCUT2D eigenvalue weighted by Crippen LogP contribution is 2.33. The van der Waals surface area contributed by atoms with E-state index in [4.69, 9.17) is 4.42 Å². The molecule has 0 aliphatic heterocycles. The van der Waals surface area contributed by atoms with Crippen LogP contribution in [0.2, 0.25) is 0 Å². The summed E-state index contributed by atoms with van der Waals surface area (Å²) in [5.41, 5.74) is 3.70. The van der Waals surface area contributed by atoms with Gasteiger partial charge in [0.15, 0.2) is 0 Å². The van der Waals surface area contributed by atoms with Gasteiger partial charge in [0.05, 0.1) is 5.56 Å². The van der Waals surface area contributed by atoms with Crippen LogP contribution < -0.4 is 5.63 Å². The van der Waals surface area contributed by atoms with E-state index in [9.17, 15) is 9.90 Å². The highest BCUT2D eigenvalue weighted by Gasteiger charge is 2.17. The van der Waals surface area contributed by atoms with Crippen molar-refractivity contribution in [1.82, 2.24) is 4.90 Å². The Labute approximate surface area is 147 Å². The Hall–Kier alpha value is -2.59. The zero-order valence-electron chi connectivity index (χ0n) is 14.9. The van der Waals surface area contributed by atoms with Crippen LogP contribution in [0.4, 0.5) is 0 Å². The van der Waals surface area contributed by atoms with Crippen LogP contribution in [0.15, 0.2) is 51.7 Å². The third kappa shape index (κ3) is 3.59. The number of benzene rings is 2. The molecule has 4 nitrogen and oxygen atoms in total. The third-order valence-corrected chi connectivity index (χ3v) is 4.49. The molecule has 0 spiro atoms. The molecule has 130 valence electrons. The molecule has 0 aliphatic rings. The van der Waals surface area contributed by atoms with Crippen LogP contribution in [0.1, 0.15) is 29.2 Å². The van der Waals surface area contributed by atoms with E-state index in [1.54, 1.807) is 0 Å². The van der Waals surface area contributed by atoms with Gasteiger partial charge in [-0.25, -0.2) is 4.79 Å². The fraction of sp³-hybridized carbons (Fsp3) is 0.286. The lowest BCUT2D eigenvalue weighted by Gasteiger charge is -2.20. The molecule has 0 unspecified atom stereocenters. The molecule has 25 heavy (non-hydrogen) atoms. The summed E-state index contributed by atoms with van der Waals surface area (Å²) < 4.78 is 5.46. The monoisotopic (exact) mass is 337 g/mol. The van der Waals surface area contributed by atoms with Crippen molar-refractivity contribution in [3.05, 3.63) is 75.1 Å². The van der Waals surface area contributed by atoms with Crippen molar-refractivity contribution in [3.8, 4) is 5.75 Å². The number of aromatic hydroxyl groups is 1. The Morgan fingerprint density at radius 1 is 1.12 bits per heavy atom. The van der Waals surface area contributed by atoms with Gasteiger partial charge in [-0.3, -0.25) is 4.90 Å². The van der Waals surface area contributed by atoms with Gasteiger partial charge < -0.3 is 9.52 Å². The summed E-state index contributed by atoms with van der Waals surface area (Å²) in [6, 6.07) is 13.6. The lowest BCUT2D eigenvalue weighted by atomic mass is 9.99. The minimum absolute atomic E-state index is 0.226. The van der Waals surface area contributed by atoms with Crippen LogP contribution >= 0.6 is 0 Å². The number of phenols is 1. The second kappa shape index (κ2) is 7.11. The summed E-state index contributed by atoms with van der Waals surface area (Å²) in [6.45, 7) is 5.14. The minimum Gasteiger partial charge on any atom is -0.507 e. The summed E-state index contributed by atoms with van der Waals surface area (Å²) in [4.78, 5) is 13.9. The number of hydrogen-bond acceptors (Lipinski definition) is 4. The quantitative estimate of drug-likeness (QED) is 0.715. The third-order valence-electron chi connectivity index (χ3n) is 4.49. The van der Waals surface area contributed by atoms with E-state index >= 15 is 0 Å². The minimum atomic E-state index is -0.388. The first-order valence-corrected chi connectivity index (χ1v) is 8.50. The Morgan fingerprint density at radius 3 is 2.52 bits per heavy atom. The van der Waals surface area contributed by atoms with E-state index in [-0.39, 0.29) is 11.4 Å². The van der Waals surface area contributed by atoms with E-state index in [0.29, 0.717) is 17.7 Å². The standard InChI is InChI=1S/C21H23NO3/c1-4-16-11-17-14(2)10-19(23)25-21(17)18(20(16)24)13-22(3)12-15-8-6-5-7-9-15/h5-11,24H,4,12-13H2,1-3H3. The topological polar surface area (TPSA) is 53.7 Å². The van der Waals surface area contributed by atoms with Crippen molar-refractivity contribution < 1.29 is 9.52 Å². The van der Waals surface area contributed by atoms with Crippen molar-refractivity contribution >= 4 is 11.0 Å². The van der Waals surface area contributed by atoms with Crippen LogP contribution in [-0.4, -0.2) is 17.1 Å². The highest BCUT2D eigenvalue weighted by atomic mass is 16.4. The van der Waals surface area contributed by atoms with Crippen molar-refractivity contribution in [2.24, 2.45) is 0 Å². The predicted octanol–water partition coefficient (Wildman–Crippen LogP) is 4.00. The Morgan fingerprint density at radius 2 is 1.84 bits per heavy atom. The molecule has 0 amide bonds. The summed E-state index contributed by atoms with van der Waals surface area (Å²) in [6.07, 6.45) is 0.718. The van der Waals surface area contributed by atoms with Gasteiger partial charge in [-0.15, -0.1) is 0 Å². The van der Waals surface area contributed by atoms with Gasteiger partial charge in [0.2, 0.25) is 0 Å². The van der Waals surface area contributed by atoms with Gasteiger partial charge in [-0.2, -0.15) is 0 Å². The molecule has 3 rings (SSSR count). The molecular weight excluding hydrogens is 314 g/mol. The van der Waals surface area contributed by atoms with E-state index in [0.717, 1.165) is 29.5 Å². The Balaban J connectivity index is 2.04. The average Bonchev–Trinajstić information content (AvgIpc) is 2.58. The molecule has 0 saturated carbocycles. The van der Waals surface area contributed by atoms with Crippen LogP contribution in [0.5, 0.6) is 5.75 Å². The number of hydrogen-bond donors (Lipinski definition) is 1. The second-order valence-electron chi connectivity index (χ2n) is 6.50.